The molecule has 0 saturated carbocycles. The van der Waals surface area contributed by atoms with Gasteiger partial charge in [0.15, 0.2) is 0 Å². The van der Waals surface area contributed by atoms with E-state index in [1.54, 1.807) is 17.4 Å². The van der Waals surface area contributed by atoms with Crippen LogP contribution in [0.15, 0.2) is 49.2 Å². The van der Waals surface area contributed by atoms with Crippen LogP contribution in [-0.2, 0) is 0 Å². The molecule has 0 radical (unpaired) electrons. The van der Waals surface area contributed by atoms with E-state index in [0.29, 0.717) is 0 Å². The van der Waals surface area contributed by atoms with Crippen molar-refractivity contribution < 1.29 is 0 Å². The highest BCUT2D eigenvalue weighted by molar-refractivity contribution is 7.12. The highest BCUT2D eigenvalue weighted by Gasteiger charge is 2.01. The molecule has 0 N–H and O–H groups in total. The Bertz CT molecular complexity index is 422. The maximum Gasteiger partial charge on any atom is 0.123 e. The number of rotatable bonds is 4. The molecule has 0 spiro atoms. The molecule has 0 saturated heterocycles. The summed E-state index contributed by atoms with van der Waals surface area (Å²) in [6.45, 7) is 15.6. The fourth-order valence-corrected chi connectivity index (χ4v) is 1.95. The van der Waals surface area contributed by atoms with Crippen LogP contribution in [0.4, 0.5) is 0 Å². The van der Waals surface area contributed by atoms with E-state index in [9.17, 15) is 0 Å². The summed E-state index contributed by atoms with van der Waals surface area (Å²) in [5.41, 5.74) is 2.21. The number of aromatic nitrogens is 1. The monoisotopic (exact) mass is 247 g/mol. The number of hydrogen-bond acceptors (Lipinski definition) is 2. The van der Waals surface area contributed by atoms with E-state index < -0.39 is 0 Å². The first-order chi connectivity index (χ1) is 8.17. The Balaban J connectivity index is 0.00000121. The Kier molecular flexibility index (Phi) is 7.99. The zero-order valence-corrected chi connectivity index (χ0v) is 12.0. The van der Waals surface area contributed by atoms with Crippen molar-refractivity contribution in [2.24, 2.45) is 0 Å². The fraction of sp³-hybridized carbons (Fsp3) is 0.267. The molecule has 1 rings (SSSR count). The Morgan fingerprint density at radius 2 is 2.00 bits per heavy atom. The van der Waals surface area contributed by atoms with Crippen molar-refractivity contribution in [3.05, 3.63) is 59.1 Å². The lowest BCUT2D eigenvalue weighted by molar-refractivity contribution is 1.35. The van der Waals surface area contributed by atoms with E-state index in [4.69, 9.17) is 0 Å². The van der Waals surface area contributed by atoms with Gasteiger partial charge in [0, 0.05) is 16.6 Å². The SMILES string of the molecule is C=C/C=C(C)\C=C(/C=C)c1ncc(C)s1.CC. The van der Waals surface area contributed by atoms with E-state index in [-0.39, 0.29) is 0 Å². The molecular formula is C15H21NS. The van der Waals surface area contributed by atoms with Crippen molar-refractivity contribution in [1.29, 1.82) is 0 Å². The van der Waals surface area contributed by atoms with Gasteiger partial charge >= 0.3 is 0 Å². The van der Waals surface area contributed by atoms with Crippen LogP contribution in [0.5, 0.6) is 0 Å². The summed E-state index contributed by atoms with van der Waals surface area (Å²) < 4.78 is 0. The number of nitrogens with zero attached hydrogens (tertiary/aromatic N) is 1. The molecule has 0 atom stereocenters. The molecule has 0 unspecified atom stereocenters. The second kappa shape index (κ2) is 8.71. The molecule has 1 nitrogen and oxygen atoms in total. The molecule has 17 heavy (non-hydrogen) atoms. The van der Waals surface area contributed by atoms with Gasteiger partial charge in [-0.2, -0.15) is 0 Å². The third kappa shape index (κ3) is 5.45. The van der Waals surface area contributed by atoms with Gasteiger partial charge in [0.1, 0.15) is 5.01 Å². The van der Waals surface area contributed by atoms with Gasteiger partial charge in [-0.3, -0.25) is 0 Å². The van der Waals surface area contributed by atoms with Gasteiger partial charge in [-0.15, -0.1) is 11.3 Å². The summed E-state index contributed by atoms with van der Waals surface area (Å²) in [7, 11) is 0. The molecule has 0 aromatic carbocycles. The highest BCUT2D eigenvalue weighted by atomic mass is 32.1. The van der Waals surface area contributed by atoms with Gasteiger partial charge in [-0.1, -0.05) is 50.8 Å². The molecule has 0 fully saturated rings. The van der Waals surface area contributed by atoms with E-state index >= 15 is 0 Å². The summed E-state index contributed by atoms with van der Waals surface area (Å²) >= 11 is 1.68. The van der Waals surface area contributed by atoms with Crippen molar-refractivity contribution in [2.45, 2.75) is 27.7 Å². The van der Waals surface area contributed by atoms with Gasteiger partial charge in [0.2, 0.25) is 0 Å². The normalized spacial score (nSPS) is 11.5. The second-order valence-corrected chi connectivity index (χ2v) is 4.46. The summed E-state index contributed by atoms with van der Waals surface area (Å²) in [5.74, 6) is 0. The van der Waals surface area contributed by atoms with Gasteiger partial charge in [0.25, 0.3) is 0 Å². The van der Waals surface area contributed by atoms with E-state index in [1.807, 2.05) is 46.0 Å². The number of hydrogen-bond donors (Lipinski definition) is 0. The summed E-state index contributed by atoms with van der Waals surface area (Å²) in [5, 5.41) is 1.01. The third-order valence-corrected chi connectivity index (χ3v) is 2.81. The summed E-state index contributed by atoms with van der Waals surface area (Å²) in [4.78, 5) is 5.54. The fourth-order valence-electron chi connectivity index (χ4n) is 1.18. The van der Waals surface area contributed by atoms with Crippen molar-refractivity contribution in [1.82, 2.24) is 4.98 Å². The molecule has 1 aromatic rings. The molecule has 0 aliphatic rings. The van der Waals surface area contributed by atoms with Crippen molar-refractivity contribution in [3.63, 3.8) is 0 Å². The van der Waals surface area contributed by atoms with Gasteiger partial charge in [-0.05, 0) is 19.9 Å². The molecular weight excluding hydrogens is 226 g/mol. The summed E-state index contributed by atoms with van der Waals surface area (Å²) in [6.07, 6.45) is 9.51. The zero-order chi connectivity index (χ0) is 13.3. The lowest BCUT2D eigenvalue weighted by atomic mass is 10.1. The van der Waals surface area contributed by atoms with Crippen molar-refractivity contribution in [3.8, 4) is 0 Å². The molecule has 0 amide bonds. The Morgan fingerprint density at radius 1 is 1.35 bits per heavy atom. The van der Waals surface area contributed by atoms with E-state index in [2.05, 4.69) is 24.2 Å². The standard InChI is InChI=1S/C13H15NS.C2H6/c1-5-7-10(3)8-12(6-2)13-14-9-11(4)15-13;1-2/h5-9H,1-2H2,3-4H3;1-2H3/b10-7-,12-8+;. The molecule has 0 aliphatic heterocycles. The van der Waals surface area contributed by atoms with Crippen LogP contribution in [0, 0.1) is 6.92 Å². The smallest absolute Gasteiger partial charge is 0.123 e. The largest absolute Gasteiger partial charge is 0.244 e. The lowest BCUT2D eigenvalue weighted by Gasteiger charge is -1.97. The van der Waals surface area contributed by atoms with E-state index in [0.717, 1.165) is 16.2 Å². The molecule has 0 aliphatic carbocycles. The molecule has 2 heteroatoms. The average molecular weight is 247 g/mol. The Labute approximate surface area is 109 Å². The van der Waals surface area contributed by atoms with Crippen LogP contribution in [0.25, 0.3) is 5.57 Å². The van der Waals surface area contributed by atoms with Gasteiger partial charge in [0.05, 0.1) is 0 Å². The number of aryl methyl sites for hydroxylation is 1. The lowest BCUT2D eigenvalue weighted by Crippen LogP contribution is -1.79. The number of allylic oxidation sites excluding steroid dienone is 6. The molecule has 0 bridgehead atoms. The van der Waals surface area contributed by atoms with Gasteiger partial charge < -0.3 is 0 Å². The first-order valence-electron chi connectivity index (χ1n) is 5.73. The molecule has 1 heterocycles. The van der Waals surface area contributed by atoms with E-state index in [1.165, 1.54) is 4.88 Å². The summed E-state index contributed by atoms with van der Waals surface area (Å²) in [6, 6.07) is 0. The van der Waals surface area contributed by atoms with Crippen molar-refractivity contribution >= 4 is 16.9 Å². The minimum Gasteiger partial charge on any atom is -0.244 e. The Hall–Kier alpha value is -1.41. The highest BCUT2D eigenvalue weighted by Crippen LogP contribution is 2.22. The van der Waals surface area contributed by atoms with Crippen LogP contribution >= 0.6 is 11.3 Å². The second-order valence-electron chi connectivity index (χ2n) is 3.23. The van der Waals surface area contributed by atoms with Crippen LogP contribution in [0.1, 0.15) is 30.7 Å². The topological polar surface area (TPSA) is 12.9 Å². The minimum absolute atomic E-state index is 1.01. The van der Waals surface area contributed by atoms with Crippen LogP contribution < -0.4 is 0 Å². The minimum atomic E-state index is 1.01. The molecule has 92 valence electrons. The van der Waals surface area contributed by atoms with Crippen molar-refractivity contribution in [2.75, 3.05) is 0 Å². The number of thiazole rings is 1. The first-order valence-corrected chi connectivity index (χ1v) is 6.55. The van der Waals surface area contributed by atoms with Crippen LogP contribution in [0.3, 0.4) is 0 Å². The third-order valence-electron chi connectivity index (χ3n) is 1.85. The quantitative estimate of drug-likeness (QED) is 0.668. The maximum atomic E-state index is 4.33. The first kappa shape index (κ1) is 15.6. The van der Waals surface area contributed by atoms with Crippen LogP contribution in [0.2, 0.25) is 0 Å². The maximum absolute atomic E-state index is 4.33. The predicted molar refractivity (Wildman–Crippen MR) is 80.3 cm³/mol. The van der Waals surface area contributed by atoms with Gasteiger partial charge in [-0.25, -0.2) is 4.98 Å². The predicted octanol–water partition coefficient (Wildman–Crippen LogP) is 5.18. The zero-order valence-electron chi connectivity index (χ0n) is 11.2. The Morgan fingerprint density at radius 3 is 2.41 bits per heavy atom. The van der Waals surface area contributed by atoms with Crippen LogP contribution in [-0.4, -0.2) is 4.98 Å². The molecule has 1 aromatic heterocycles. The average Bonchev–Trinajstić information content (AvgIpc) is 2.76.